The van der Waals surface area contributed by atoms with Gasteiger partial charge in [0.2, 0.25) is 0 Å². The van der Waals surface area contributed by atoms with E-state index in [1.807, 2.05) is 25.1 Å². The Morgan fingerprint density at radius 1 is 1.32 bits per heavy atom. The van der Waals surface area contributed by atoms with Crippen molar-refractivity contribution in [3.63, 3.8) is 0 Å². The van der Waals surface area contributed by atoms with Crippen LogP contribution >= 0.6 is 0 Å². The first-order valence-corrected chi connectivity index (χ1v) is 7.05. The highest BCUT2D eigenvalue weighted by molar-refractivity contribution is 5.60. The second-order valence-corrected chi connectivity index (χ2v) is 5.68. The number of nitrogens with zero attached hydrogens (tertiary/aromatic N) is 1. The van der Waals surface area contributed by atoms with Crippen molar-refractivity contribution >= 4 is 5.69 Å². The molecule has 1 aliphatic carbocycles. The highest BCUT2D eigenvalue weighted by Gasteiger charge is 2.31. The molecule has 0 amide bonds. The van der Waals surface area contributed by atoms with Crippen molar-refractivity contribution in [2.75, 3.05) is 18.5 Å². The number of benzene rings is 1. The molecule has 1 aromatic rings. The summed E-state index contributed by atoms with van der Waals surface area (Å²) in [6.45, 7) is 2.93. The van der Waals surface area contributed by atoms with E-state index in [4.69, 9.17) is 0 Å². The standard InChI is InChI=1S/C16H22N2O/c1-13-6-5-7-15(14(13)10-17)18-11-16(12-19)8-3-2-4-9-16/h5-7,18-19H,2-4,8-9,11-12H2,1H3. The van der Waals surface area contributed by atoms with Crippen molar-refractivity contribution in [2.45, 2.75) is 39.0 Å². The van der Waals surface area contributed by atoms with Crippen LogP contribution in [0.4, 0.5) is 5.69 Å². The molecule has 19 heavy (non-hydrogen) atoms. The molecule has 0 saturated heterocycles. The number of hydrogen-bond donors (Lipinski definition) is 2. The molecule has 0 unspecified atom stereocenters. The third-order valence-corrected chi connectivity index (χ3v) is 4.29. The maximum atomic E-state index is 9.70. The fraction of sp³-hybridized carbons (Fsp3) is 0.562. The van der Waals surface area contributed by atoms with Gasteiger partial charge in [-0.1, -0.05) is 31.4 Å². The molecule has 0 atom stereocenters. The highest BCUT2D eigenvalue weighted by atomic mass is 16.3. The molecule has 0 bridgehead atoms. The third-order valence-electron chi connectivity index (χ3n) is 4.29. The summed E-state index contributed by atoms with van der Waals surface area (Å²) in [5, 5.41) is 22.3. The molecule has 3 nitrogen and oxygen atoms in total. The van der Waals surface area contributed by atoms with Gasteiger partial charge in [0.15, 0.2) is 0 Å². The summed E-state index contributed by atoms with van der Waals surface area (Å²) in [5.74, 6) is 0. The highest BCUT2D eigenvalue weighted by Crippen LogP contribution is 2.36. The van der Waals surface area contributed by atoms with E-state index in [1.165, 1.54) is 19.3 Å². The Bertz CT molecular complexity index is 470. The fourth-order valence-electron chi connectivity index (χ4n) is 2.94. The lowest BCUT2D eigenvalue weighted by Gasteiger charge is -2.36. The number of hydrogen-bond acceptors (Lipinski definition) is 3. The second kappa shape index (κ2) is 6.08. The number of anilines is 1. The third kappa shape index (κ3) is 3.08. The summed E-state index contributed by atoms with van der Waals surface area (Å²) >= 11 is 0. The number of nitrogens with one attached hydrogen (secondary N) is 1. The molecule has 1 aromatic carbocycles. The molecule has 2 rings (SSSR count). The summed E-state index contributed by atoms with van der Waals surface area (Å²) < 4.78 is 0. The van der Waals surface area contributed by atoms with Crippen LogP contribution in [-0.4, -0.2) is 18.3 Å². The van der Waals surface area contributed by atoms with Gasteiger partial charge in [-0.2, -0.15) is 5.26 Å². The minimum absolute atomic E-state index is 0.00524. The van der Waals surface area contributed by atoms with Crippen molar-refractivity contribution in [1.82, 2.24) is 0 Å². The Hall–Kier alpha value is -1.53. The average molecular weight is 258 g/mol. The zero-order chi connectivity index (χ0) is 13.7. The number of rotatable bonds is 4. The van der Waals surface area contributed by atoms with Crippen molar-refractivity contribution in [3.05, 3.63) is 29.3 Å². The first kappa shape index (κ1) is 13.9. The van der Waals surface area contributed by atoms with Gasteiger partial charge in [-0.15, -0.1) is 0 Å². The van der Waals surface area contributed by atoms with Crippen LogP contribution < -0.4 is 5.32 Å². The normalized spacial score (nSPS) is 17.7. The van der Waals surface area contributed by atoms with E-state index in [2.05, 4.69) is 11.4 Å². The second-order valence-electron chi connectivity index (χ2n) is 5.68. The van der Waals surface area contributed by atoms with Crippen molar-refractivity contribution in [1.29, 1.82) is 5.26 Å². The van der Waals surface area contributed by atoms with Crippen LogP contribution in [0.1, 0.15) is 43.2 Å². The maximum Gasteiger partial charge on any atom is 0.102 e. The molecule has 0 aromatic heterocycles. The molecule has 0 spiro atoms. The smallest absolute Gasteiger partial charge is 0.102 e. The van der Waals surface area contributed by atoms with E-state index >= 15 is 0 Å². The average Bonchev–Trinajstić information content (AvgIpc) is 2.46. The maximum absolute atomic E-state index is 9.70. The van der Waals surface area contributed by atoms with Gasteiger partial charge in [-0.05, 0) is 31.4 Å². The van der Waals surface area contributed by atoms with Gasteiger partial charge in [0.1, 0.15) is 6.07 Å². The van der Waals surface area contributed by atoms with E-state index in [0.29, 0.717) is 5.56 Å². The SMILES string of the molecule is Cc1cccc(NCC2(CO)CCCCC2)c1C#N. The van der Waals surface area contributed by atoms with Crippen LogP contribution in [0.25, 0.3) is 0 Å². The first-order valence-electron chi connectivity index (χ1n) is 7.05. The van der Waals surface area contributed by atoms with Crippen LogP contribution in [0.2, 0.25) is 0 Å². The first-order chi connectivity index (χ1) is 9.21. The van der Waals surface area contributed by atoms with Gasteiger partial charge in [-0.25, -0.2) is 0 Å². The fourth-order valence-corrected chi connectivity index (χ4v) is 2.94. The van der Waals surface area contributed by atoms with Gasteiger partial charge in [0, 0.05) is 12.0 Å². The summed E-state index contributed by atoms with van der Waals surface area (Å²) in [6.07, 6.45) is 5.81. The molecule has 1 aliphatic rings. The number of aliphatic hydroxyl groups is 1. The monoisotopic (exact) mass is 258 g/mol. The number of nitriles is 1. The van der Waals surface area contributed by atoms with Crippen molar-refractivity contribution in [3.8, 4) is 6.07 Å². The molecule has 1 saturated carbocycles. The molecule has 0 aliphatic heterocycles. The summed E-state index contributed by atoms with van der Waals surface area (Å²) in [5.41, 5.74) is 2.59. The molecule has 0 heterocycles. The summed E-state index contributed by atoms with van der Waals surface area (Å²) in [6, 6.07) is 8.11. The summed E-state index contributed by atoms with van der Waals surface area (Å²) in [7, 11) is 0. The molecule has 102 valence electrons. The Kier molecular flexibility index (Phi) is 4.44. The zero-order valence-corrected chi connectivity index (χ0v) is 11.6. The Morgan fingerprint density at radius 2 is 2.05 bits per heavy atom. The number of aryl methyl sites for hydroxylation is 1. The number of aliphatic hydroxyl groups excluding tert-OH is 1. The van der Waals surface area contributed by atoms with Gasteiger partial charge >= 0.3 is 0 Å². The lowest BCUT2D eigenvalue weighted by molar-refractivity contribution is 0.0944. The molecular formula is C16H22N2O. The predicted molar refractivity (Wildman–Crippen MR) is 77.0 cm³/mol. The van der Waals surface area contributed by atoms with Gasteiger partial charge in [0.25, 0.3) is 0 Å². The molecule has 2 N–H and O–H groups in total. The minimum atomic E-state index is -0.00524. The minimum Gasteiger partial charge on any atom is -0.396 e. The van der Waals surface area contributed by atoms with Gasteiger partial charge < -0.3 is 10.4 Å². The molecule has 1 fully saturated rings. The van der Waals surface area contributed by atoms with E-state index in [-0.39, 0.29) is 12.0 Å². The summed E-state index contributed by atoms with van der Waals surface area (Å²) in [4.78, 5) is 0. The largest absolute Gasteiger partial charge is 0.396 e. The van der Waals surface area contributed by atoms with Crippen LogP contribution in [0, 0.1) is 23.7 Å². The van der Waals surface area contributed by atoms with Crippen molar-refractivity contribution in [2.24, 2.45) is 5.41 Å². The van der Waals surface area contributed by atoms with Gasteiger partial charge in [-0.3, -0.25) is 0 Å². The van der Waals surface area contributed by atoms with E-state index in [0.717, 1.165) is 30.6 Å². The van der Waals surface area contributed by atoms with E-state index in [9.17, 15) is 10.4 Å². The predicted octanol–water partition coefficient (Wildman–Crippen LogP) is 3.22. The quantitative estimate of drug-likeness (QED) is 0.871. The Labute approximate surface area is 115 Å². The lowest BCUT2D eigenvalue weighted by Crippen LogP contribution is -2.35. The molecule has 3 heteroatoms. The van der Waals surface area contributed by atoms with Crippen molar-refractivity contribution < 1.29 is 5.11 Å². The Balaban J connectivity index is 2.10. The van der Waals surface area contributed by atoms with Crippen LogP contribution in [0.3, 0.4) is 0 Å². The van der Waals surface area contributed by atoms with E-state index in [1.54, 1.807) is 0 Å². The van der Waals surface area contributed by atoms with Crippen LogP contribution in [0.15, 0.2) is 18.2 Å². The van der Waals surface area contributed by atoms with Gasteiger partial charge in [0.05, 0.1) is 17.9 Å². The molecular weight excluding hydrogens is 236 g/mol. The zero-order valence-electron chi connectivity index (χ0n) is 11.6. The van der Waals surface area contributed by atoms with Crippen LogP contribution in [0.5, 0.6) is 0 Å². The topological polar surface area (TPSA) is 56.0 Å². The van der Waals surface area contributed by atoms with E-state index < -0.39 is 0 Å². The lowest BCUT2D eigenvalue weighted by atomic mass is 9.74. The van der Waals surface area contributed by atoms with Crippen LogP contribution in [-0.2, 0) is 0 Å². The Morgan fingerprint density at radius 3 is 2.68 bits per heavy atom. The molecule has 0 radical (unpaired) electrons.